The van der Waals surface area contributed by atoms with Gasteiger partial charge in [0.1, 0.15) is 5.75 Å². The van der Waals surface area contributed by atoms with E-state index in [1.54, 1.807) is 6.20 Å². The molecule has 0 unspecified atom stereocenters. The molecule has 0 radical (unpaired) electrons. The van der Waals surface area contributed by atoms with Gasteiger partial charge in [0.15, 0.2) is 5.75 Å². The largest absolute Gasteiger partial charge is 0.454 e. The average Bonchev–Trinajstić information content (AvgIpc) is 2.84. The van der Waals surface area contributed by atoms with Gasteiger partial charge in [-0.05, 0) is 33.8 Å². The van der Waals surface area contributed by atoms with Gasteiger partial charge in [-0.1, -0.05) is 18.2 Å². The highest BCUT2D eigenvalue weighted by Gasteiger charge is 2.11. The molecule has 0 aliphatic heterocycles. The van der Waals surface area contributed by atoms with Gasteiger partial charge in [-0.25, -0.2) is 0 Å². The minimum Gasteiger partial charge on any atom is -0.454 e. The minimum absolute atomic E-state index is 0.0835. The lowest BCUT2D eigenvalue weighted by Gasteiger charge is -2.21. The van der Waals surface area contributed by atoms with Crippen molar-refractivity contribution < 1.29 is 4.74 Å². The second-order valence-electron chi connectivity index (χ2n) is 5.85. The minimum atomic E-state index is 0.0835. The molecule has 2 aromatic rings. The van der Waals surface area contributed by atoms with Gasteiger partial charge in [-0.15, -0.1) is 0 Å². The molecule has 0 bridgehead atoms. The van der Waals surface area contributed by atoms with Crippen molar-refractivity contribution in [3.05, 3.63) is 42.2 Å². The number of rotatable bonds is 5. The van der Waals surface area contributed by atoms with Crippen LogP contribution in [0, 0.1) is 0 Å². The summed E-state index contributed by atoms with van der Waals surface area (Å²) in [6.45, 7) is 10.1. The molecule has 0 aliphatic carbocycles. The van der Waals surface area contributed by atoms with E-state index < -0.39 is 0 Å². The van der Waals surface area contributed by atoms with Crippen LogP contribution in [-0.2, 0) is 13.1 Å². The maximum Gasteiger partial charge on any atom is 0.165 e. The van der Waals surface area contributed by atoms with Gasteiger partial charge in [0.25, 0.3) is 0 Å². The van der Waals surface area contributed by atoms with Gasteiger partial charge in [0.2, 0.25) is 0 Å². The summed E-state index contributed by atoms with van der Waals surface area (Å²) in [4.78, 5) is 0. The van der Waals surface area contributed by atoms with E-state index in [0.29, 0.717) is 0 Å². The Labute approximate surface area is 120 Å². The molecule has 0 atom stereocenters. The van der Waals surface area contributed by atoms with Gasteiger partial charge in [0.05, 0.1) is 12.4 Å². The SMILES string of the molecule is CCn1cc(Oc2ccccc2CNC(C)(C)C)cn1. The summed E-state index contributed by atoms with van der Waals surface area (Å²) in [6.07, 6.45) is 3.66. The van der Waals surface area contributed by atoms with Crippen LogP contribution in [0.1, 0.15) is 33.3 Å². The molecule has 1 aromatic heterocycles. The molecule has 0 spiro atoms. The molecule has 0 saturated heterocycles. The van der Waals surface area contributed by atoms with Crippen molar-refractivity contribution in [1.82, 2.24) is 15.1 Å². The van der Waals surface area contributed by atoms with E-state index in [2.05, 4.69) is 44.2 Å². The maximum absolute atomic E-state index is 5.93. The van der Waals surface area contributed by atoms with Crippen LogP contribution in [0.15, 0.2) is 36.7 Å². The van der Waals surface area contributed by atoms with Gasteiger partial charge < -0.3 is 10.1 Å². The Morgan fingerprint density at radius 2 is 2.00 bits per heavy atom. The first kappa shape index (κ1) is 14.6. The van der Waals surface area contributed by atoms with Crippen molar-refractivity contribution in [2.24, 2.45) is 0 Å². The summed E-state index contributed by atoms with van der Waals surface area (Å²) in [5.41, 5.74) is 1.23. The highest BCUT2D eigenvalue weighted by atomic mass is 16.5. The van der Waals surface area contributed by atoms with Crippen LogP contribution >= 0.6 is 0 Å². The predicted molar refractivity (Wildman–Crippen MR) is 81.0 cm³/mol. The highest BCUT2D eigenvalue weighted by molar-refractivity contribution is 5.36. The van der Waals surface area contributed by atoms with Gasteiger partial charge >= 0.3 is 0 Å². The summed E-state index contributed by atoms with van der Waals surface area (Å²) >= 11 is 0. The van der Waals surface area contributed by atoms with Crippen molar-refractivity contribution >= 4 is 0 Å². The molecule has 0 saturated carbocycles. The van der Waals surface area contributed by atoms with E-state index in [4.69, 9.17) is 4.74 Å². The number of nitrogens with one attached hydrogen (secondary N) is 1. The van der Waals surface area contributed by atoms with Crippen LogP contribution < -0.4 is 10.1 Å². The first-order chi connectivity index (χ1) is 9.48. The smallest absolute Gasteiger partial charge is 0.165 e. The molecule has 0 amide bonds. The lowest BCUT2D eigenvalue weighted by Crippen LogP contribution is -2.35. The topological polar surface area (TPSA) is 39.1 Å². The number of aryl methyl sites for hydroxylation is 1. The fourth-order valence-electron chi connectivity index (χ4n) is 1.81. The second kappa shape index (κ2) is 6.09. The Morgan fingerprint density at radius 1 is 1.25 bits per heavy atom. The van der Waals surface area contributed by atoms with Crippen LogP contribution in [0.4, 0.5) is 0 Å². The quantitative estimate of drug-likeness (QED) is 0.905. The van der Waals surface area contributed by atoms with Crippen molar-refractivity contribution in [2.45, 2.75) is 46.3 Å². The van der Waals surface area contributed by atoms with Crippen molar-refractivity contribution in [3.63, 3.8) is 0 Å². The molecule has 108 valence electrons. The maximum atomic E-state index is 5.93. The van der Waals surface area contributed by atoms with Crippen molar-refractivity contribution in [2.75, 3.05) is 0 Å². The molecule has 20 heavy (non-hydrogen) atoms. The monoisotopic (exact) mass is 273 g/mol. The van der Waals surface area contributed by atoms with E-state index in [9.17, 15) is 0 Å². The molecule has 0 aliphatic rings. The van der Waals surface area contributed by atoms with Crippen LogP contribution in [0.25, 0.3) is 0 Å². The normalized spacial score (nSPS) is 11.6. The number of nitrogens with zero attached hydrogens (tertiary/aromatic N) is 2. The number of para-hydroxylation sites is 1. The van der Waals surface area contributed by atoms with E-state index in [1.807, 2.05) is 29.1 Å². The molecule has 2 rings (SSSR count). The molecule has 4 nitrogen and oxygen atoms in total. The summed E-state index contributed by atoms with van der Waals surface area (Å²) in [5.74, 6) is 1.65. The third-order valence-electron chi connectivity index (χ3n) is 2.94. The Hall–Kier alpha value is -1.81. The van der Waals surface area contributed by atoms with Crippen LogP contribution in [-0.4, -0.2) is 15.3 Å². The molecule has 1 heterocycles. The lowest BCUT2D eigenvalue weighted by molar-refractivity contribution is 0.414. The lowest BCUT2D eigenvalue weighted by atomic mass is 10.1. The Balaban J connectivity index is 2.11. The van der Waals surface area contributed by atoms with E-state index in [-0.39, 0.29) is 5.54 Å². The van der Waals surface area contributed by atoms with Crippen LogP contribution in [0.3, 0.4) is 0 Å². The first-order valence-electron chi connectivity index (χ1n) is 7.01. The zero-order valence-electron chi connectivity index (χ0n) is 12.7. The summed E-state index contributed by atoms with van der Waals surface area (Å²) in [6, 6.07) is 8.09. The zero-order valence-corrected chi connectivity index (χ0v) is 12.7. The van der Waals surface area contributed by atoms with Crippen molar-refractivity contribution in [1.29, 1.82) is 0 Å². The number of aromatic nitrogens is 2. The highest BCUT2D eigenvalue weighted by Crippen LogP contribution is 2.25. The van der Waals surface area contributed by atoms with E-state index >= 15 is 0 Å². The Morgan fingerprint density at radius 3 is 2.65 bits per heavy atom. The standard InChI is InChI=1S/C16H23N3O/c1-5-19-12-14(11-18-19)20-15-9-7-6-8-13(15)10-17-16(2,3)4/h6-9,11-12,17H,5,10H2,1-4H3. The first-order valence-corrected chi connectivity index (χ1v) is 7.01. The molecule has 4 heteroatoms. The summed E-state index contributed by atoms with van der Waals surface area (Å²) < 4.78 is 7.79. The predicted octanol–water partition coefficient (Wildman–Crippen LogP) is 3.58. The number of hydrogen-bond donors (Lipinski definition) is 1. The van der Waals surface area contributed by atoms with Crippen LogP contribution in [0.2, 0.25) is 0 Å². The van der Waals surface area contributed by atoms with Crippen molar-refractivity contribution in [3.8, 4) is 11.5 Å². The number of ether oxygens (including phenoxy) is 1. The average molecular weight is 273 g/mol. The van der Waals surface area contributed by atoms with Gasteiger partial charge in [0, 0.05) is 24.2 Å². The molecule has 1 N–H and O–H groups in total. The Kier molecular flexibility index (Phi) is 4.45. The van der Waals surface area contributed by atoms with Crippen LogP contribution in [0.5, 0.6) is 11.5 Å². The molecule has 0 fully saturated rings. The summed E-state index contributed by atoms with van der Waals surface area (Å²) in [5, 5.41) is 7.70. The molecular formula is C16H23N3O. The van der Waals surface area contributed by atoms with E-state index in [1.165, 1.54) is 0 Å². The molecule has 1 aromatic carbocycles. The second-order valence-corrected chi connectivity index (χ2v) is 5.85. The fourth-order valence-corrected chi connectivity index (χ4v) is 1.81. The third-order valence-corrected chi connectivity index (χ3v) is 2.94. The molecular weight excluding hydrogens is 250 g/mol. The fraction of sp³-hybridized carbons (Fsp3) is 0.438. The zero-order chi connectivity index (χ0) is 14.6. The van der Waals surface area contributed by atoms with E-state index in [0.717, 1.165) is 30.2 Å². The summed E-state index contributed by atoms with van der Waals surface area (Å²) in [7, 11) is 0. The van der Waals surface area contributed by atoms with Gasteiger partial charge in [-0.2, -0.15) is 5.10 Å². The number of benzene rings is 1. The number of hydrogen-bond acceptors (Lipinski definition) is 3. The van der Waals surface area contributed by atoms with Gasteiger partial charge in [-0.3, -0.25) is 4.68 Å². The third kappa shape index (κ3) is 4.10. The Bertz CT molecular complexity index is 555.